The minimum atomic E-state index is 0.769. The van der Waals surface area contributed by atoms with Gasteiger partial charge in [-0.1, -0.05) is 24.3 Å². The Bertz CT molecular complexity index is 258. The van der Waals surface area contributed by atoms with Gasteiger partial charge >= 0.3 is 0 Å². The monoisotopic (exact) mass is 205 g/mol. The maximum atomic E-state index is 5.55. The SMILES string of the molecule is C=CCCNCCCOc1ccccc1. The van der Waals surface area contributed by atoms with Crippen LogP contribution in [0.25, 0.3) is 0 Å². The Kier molecular flexibility index (Phi) is 6.34. The van der Waals surface area contributed by atoms with Crippen LogP contribution in [0.1, 0.15) is 12.8 Å². The number of benzene rings is 1. The van der Waals surface area contributed by atoms with Crippen LogP contribution < -0.4 is 10.1 Å². The Morgan fingerprint density at radius 3 is 2.73 bits per heavy atom. The smallest absolute Gasteiger partial charge is 0.119 e. The first-order valence-corrected chi connectivity index (χ1v) is 5.43. The highest BCUT2D eigenvalue weighted by molar-refractivity contribution is 5.20. The zero-order chi connectivity index (χ0) is 10.8. The van der Waals surface area contributed by atoms with Gasteiger partial charge in [0.2, 0.25) is 0 Å². The van der Waals surface area contributed by atoms with Crippen molar-refractivity contribution in [2.75, 3.05) is 19.7 Å². The molecule has 0 aromatic heterocycles. The average molecular weight is 205 g/mol. The lowest BCUT2D eigenvalue weighted by molar-refractivity contribution is 0.308. The fourth-order valence-corrected chi connectivity index (χ4v) is 1.23. The van der Waals surface area contributed by atoms with Crippen LogP contribution in [-0.2, 0) is 0 Å². The third-order valence-electron chi connectivity index (χ3n) is 2.04. The van der Waals surface area contributed by atoms with Gasteiger partial charge in [-0.05, 0) is 38.1 Å². The molecule has 2 heteroatoms. The molecular formula is C13H19NO. The van der Waals surface area contributed by atoms with E-state index < -0.39 is 0 Å². The summed E-state index contributed by atoms with van der Waals surface area (Å²) in [5, 5.41) is 3.32. The predicted octanol–water partition coefficient (Wildman–Crippen LogP) is 2.62. The summed E-state index contributed by atoms with van der Waals surface area (Å²) in [5.41, 5.74) is 0. The maximum Gasteiger partial charge on any atom is 0.119 e. The van der Waals surface area contributed by atoms with Crippen LogP contribution in [0.15, 0.2) is 43.0 Å². The van der Waals surface area contributed by atoms with Crippen molar-refractivity contribution < 1.29 is 4.74 Å². The van der Waals surface area contributed by atoms with E-state index in [4.69, 9.17) is 4.74 Å². The van der Waals surface area contributed by atoms with E-state index in [9.17, 15) is 0 Å². The summed E-state index contributed by atoms with van der Waals surface area (Å²) >= 11 is 0. The number of rotatable bonds is 8. The normalized spacial score (nSPS) is 9.87. The summed E-state index contributed by atoms with van der Waals surface area (Å²) in [6, 6.07) is 9.91. The lowest BCUT2D eigenvalue weighted by Crippen LogP contribution is -2.18. The maximum absolute atomic E-state index is 5.55. The molecule has 0 spiro atoms. The van der Waals surface area contributed by atoms with Gasteiger partial charge in [-0.2, -0.15) is 0 Å². The second-order valence-electron chi connectivity index (χ2n) is 3.34. The molecule has 0 atom stereocenters. The lowest BCUT2D eigenvalue weighted by atomic mass is 10.3. The Morgan fingerprint density at radius 2 is 2.00 bits per heavy atom. The molecule has 0 aliphatic carbocycles. The summed E-state index contributed by atoms with van der Waals surface area (Å²) < 4.78 is 5.55. The Balaban J connectivity index is 1.95. The van der Waals surface area contributed by atoms with Crippen LogP contribution in [0.5, 0.6) is 5.75 Å². The fraction of sp³-hybridized carbons (Fsp3) is 0.385. The van der Waals surface area contributed by atoms with Gasteiger partial charge in [-0.3, -0.25) is 0 Å². The van der Waals surface area contributed by atoms with E-state index in [-0.39, 0.29) is 0 Å². The Hall–Kier alpha value is -1.28. The summed E-state index contributed by atoms with van der Waals surface area (Å²) in [6.45, 7) is 6.45. The highest BCUT2D eigenvalue weighted by Crippen LogP contribution is 2.07. The van der Waals surface area contributed by atoms with Crippen molar-refractivity contribution in [2.45, 2.75) is 12.8 Å². The first-order valence-electron chi connectivity index (χ1n) is 5.43. The first kappa shape index (κ1) is 11.8. The van der Waals surface area contributed by atoms with E-state index in [2.05, 4.69) is 11.9 Å². The van der Waals surface area contributed by atoms with Crippen LogP contribution in [0.4, 0.5) is 0 Å². The summed E-state index contributed by atoms with van der Waals surface area (Å²) in [7, 11) is 0. The second-order valence-corrected chi connectivity index (χ2v) is 3.34. The van der Waals surface area contributed by atoms with Gasteiger partial charge in [0, 0.05) is 0 Å². The van der Waals surface area contributed by atoms with Gasteiger partial charge < -0.3 is 10.1 Å². The Labute approximate surface area is 92.0 Å². The number of ether oxygens (including phenoxy) is 1. The van der Waals surface area contributed by atoms with Gasteiger partial charge in [-0.25, -0.2) is 0 Å². The average Bonchev–Trinajstić information content (AvgIpc) is 2.29. The van der Waals surface area contributed by atoms with Crippen LogP contribution >= 0.6 is 0 Å². The molecule has 0 fully saturated rings. The fourth-order valence-electron chi connectivity index (χ4n) is 1.23. The predicted molar refractivity (Wildman–Crippen MR) is 64.2 cm³/mol. The zero-order valence-electron chi connectivity index (χ0n) is 9.11. The highest BCUT2D eigenvalue weighted by atomic mass is 16.5. The van der Waals surface area contributed by atoms with E-state index in [1.165, 1.54) is 0 Å². The van der Waals surface area contributed by atoms with Crippen LogP contribution in [0.3, 0.4) is 0 Å². The van der Waals surface area contributed by atoms with Crippen molar-refractivity contribution >= 4 is 0 Å². The molecule has 0 heterocycles. The molecule has 0 aliphatic rings. The molecule has 1 aromatic carbocycles. The van der Waals surface area contributed by atoms with Crippen molar-refractivity contribution in [3.8, 4) is 5.75 Å². The molecule has 0 aliphatic heterocycles. The molecular weight excluding hydrogens is 186 g/mol. The first-order chi connectivity index (χ1) is 7.43. The number of hydrogen-bond donors (Lipinski definition) is 1. The molecule has 0 amide bonds. The molecule has 0 saturated carbocycles. The van der Waals surface area contributed by atoms with E-state index in [0.29, 0.717) is 0 Å². The van der Waals surface area contributed by atoms with E-state index in [1.807, 2.05) is 36.4 Å². The second kappa shape index (κ2) is 8.06. The van der Waals surface area contributed by atoms with Crippen molar-refractivity contribution in [1.29, 1.82) is 0 Å². The van der Waals surface area contributed by atoms with E-state index in [1.54, 1.807) is 0 Å². The molecule has 0 unspecified atom stereocenters. The molecule has 1 N–H and O–H groups in total. The van der Waals surface area contributed by atoms with E-state index in [0.717, 1.165) is 38.3 Å². The van der Waals surface area contributed by atoms with Gasteiger partial charge in [-0.15, -0.1) is 6.58 Å². The summed E-state index contributed by atoms with van der Waals surface area (Å²) in [4.78, 5) is 0. The number of para-hydroxylation sites is 1. The summed E-state index contributed by atoms with van der Waals surface area (Å²) in [5.74, 6) is 0.948. The third-order valence-corrected chi connectivity index (χ3v) is 2.04. The highest BCUT2D eigenvalue weighted by Gasteiger charge is 1.91. The number of hydrogen-bond acceptors (Lipinski definition) is 2. The topological polar surface area (TPSA) is 21.3 Å². The molecule has 82 valence electrons. The third kappa shape index (κ3) is 5.92. The van der Waals surface area contributed by atoms with Gasteiger partial charge in [0.05, 0.1) is 6.61 Å². The van der Waals surface area contributed by atoms with Gasteiger partial charge in [0.1, 0.15) is 5.75 Å². The van der Waals surface area contributed by atoms with Crippen molar-refractivity contribution in [3.63, 3.8) is 0 Å². The van der Waals surface area contributed by atoms with Crippen LogP contribution in [-0.4, -0.2) is 19.7 Å². The van der Waals surface area contributed by atoms with Crippen LogP contribution in [0, 0.1) is 0 Å². The van der Waals surface area contributed by atoms with Crippen molar-refractivity contribution in [1.82, 2.24) is 5.32 Å². The standard InChI is InChI=1S/C13H19NO/c1-2-3-10-14-11-7-12-15-13-8-5-4-6-9-13/h2,4-6,8-9,14H,1,3,7,10-12H2. The summed E-state index contributed by atoms with van der Waals surface area (Å²) in [6.07, 6.45) is 3.99. The largest absolute Gasteiger partial charge is 0.494 e. The van der Waals surface area contributed by atoms with Crippen molar-refractivity contribution in [2.24, 2.45) is 0 Å². The molecule has 1 aromatic rings. The quantitative estimate of drug-likeness (QED) is 0.520. The molecule has 2 nitrogen and oxygen atoms in total. The molecule has 15 heavy (non-hydrogen) atoms. The lowest BCUT2D eigenvalue weighted by Gasteiger charge is -2.06. The minimum Gasteiger partial charge on any atom is -0.494 e. The zero-order valence-corrected chi connectivity index (χ0v) is 9.11. The number of nitrogens with one attached hydrogen (secondary N) is 1. The van der Waals surface area contributed by atoms with Crippen molar-refractivity contribution in [3.05, 3.63) is 43.0 Å². The molecule has 1 rings (SSSR count). The van der Waals surface area contributed by atoms with Crippen LogP contribution in [0.2, 0.25) is 0 Å². The van der Waals surface area contributed by atoms with Gasteiger partial charge in [0.25, 0.3) is 0 Å². The van der Waals surface area contributed by atoms with E-state index >= 15 is 0 Å². The van der Waals surface area contributed by atoms with Gasteiger partial charge in [0.15, 0.2) is 0 Å². The minimum absolute atomic E-state index is 0.769. The Morgan fingerprint density at radius 1 is 1.20 bits per heavy atom. The molecule has 0 saturated heterocycles. The molecule has 0 radical (unpaired) electrons. The molecule has 0 bridgehead atoms.